The molecule has 1 unspecified atom stereocenters. The highest BCUT2D eigenvalue weighted by Gasteiger charge is 2.51. The molecular formula is C12H13N5O5S2. The molecule has 2 aliphatic rings. The number of carbonyl (C=O) groups excluding carboxylic acids is 1. The van der Waals surface area contributed by atoms with Crippen molar-refractivity contribution in [1.82, 2.24) is 20.3 Å². The number of hydrogen-bond acceptors (Lipinski definition) is 8. The van der Waals surface area contributed by atoms with Gasteiger partial charge in [0.05, 0.1) is 6.42 Å². The molecule has 3 heterocycles. The van der Waals surface area contributed by atoms with E-state index in [4.69, 9.17) is 10.8 Å². The van der Waals surface area contributed by atoms with Crippen LogP contribution in [0.25, 0.3) is 0 Å². The highest BCUT2D eigenvalue weighted by atomic mass is 32.2. The summed E-state index contributed by atoms with van der Waals surface area (Å²) in [5.41, 5.74) is 6.51. The van der Waals surface area contributed by atoms with E-state index < -0.39 is 23.9 Å². The third-order valence-electron chi connectivity index (χ3n) is 3.58. The van der Waals surface area contributed by atoms with Crippen molar-refractivity contribution in [2.75, 3.05) is 11.5 Å². The summed E-state index contributed by atoms with van der Waals surface area (Å²) in [6.45, 7) is 0. The van der Waals surface area contributed by atoms with Crippen LogP contribution in [0.15, 0.2) is 16.3 Å². The van der Waals surface area contributed by atoms with E-state index >= 15 is 0 Å². The number of rotatable bonds is 6. The molecule has 3 rings (SSSR count). The number of carboxylic acids is 2. The van der Waals surface area contributed by atoms with Crippen molar-refractivity contribution >= 4 is 41.4 Å². The lowest BCUT2D eigenvalue weighted by Crippen LogP contribution is -2.68. The summed E-state index contributed by atoms with van der Waals surface area (Å²) in [5.74, 6) is -1.90. The standard InChI is InChI=1S/C12H13N5O5S2/c13-7-10(20)17-8(12(21)22)4(3-24-11(7)17)2-23-9-5(1-6(18)19)14-16-15-9/h7,11H,1-3,13H2,(H,18,19)(H,21,22)(H,14,15,16)/t7?,11-/m0/s1. The Labute approximate surface area is 143 Å². The summed E-state index contributed by atoms with van der Waals surface area (Å²) in [4.78, 5) is 35.4. The van der Waals surface area contributed by atoms with Crippen molar-refractivity contribution in [3.8, 4) is 0 Å². The Morgan fingerprint density at radius 1 is 1.46 bits per heavy atom. The second kappa shape index (κ2) is 6.45. The summed E-state index contributed by atoms with van der Waals surface area (Å²) in [6.07, 6.45) is -0.278. The predicted molar refractivity (Wildman–Crippen MR) is 84.2 cm³/mol. The van der Waals surface area contributed by atoms with Gasteiger partial charge in [0, 0.05) is 11.5 Å². The molecule has 0 saturated carbocycles. The maximum atomic E-state index is 11.9. The molecule has 5 N–H and O–H groups in total. The minimum absolute atomic E-state index is 0.0368. The number of aliphatic carboxylic acids is 2. The maximum absolute atomic E-state index is 11.9. The molecule has 0 bridgehead atoms. The number of amides is 1. The number of aromatic amines is 1. The van der Waals surface area contributed by atoms with E-state index in [1.807, 2.05) is 0 Å². The van der Waals surface area contributed by atoms with Gasteiger partial charge in [0.15, 0.2) is 0 Å². The first-order valence-corrected chi connectivity index (χ1v) is 8.83. The zero-order chi connectivity index (χ0) is 17.4. The van der Waals surface area contributed by atoms with Crippen LogP contribution in [0.2, 0.25) is 0 Å². The second-order valence-electron chi connectivity index (χ2n) is 5.14. The van der Waals surface area contributed by atoms with Gasteiger partial charge < -0.3 is 15.9 Å². The molecule has 10 nitrogen and oxygen atoms in total. The molecule has 1 aromatic rings. The molecule has 1 fully saturated rings. The molecule has 1 saturated heterocycles. The van der Waals surface area contributed by atoms with Crippen LogP contribution >= 0.6 is 23.5 Å². The predicted octanol–water partition coefficient (Wildman–Crippen LogP) is -0.895. The van der Waals surface area contributed by atoms with Crippen molar-refractivity contribution in [2.24, 2.45) is 5.73 Å². The number of carboxylic acid groups (broad SMARTS) is 2. The molecule has 2 aliphatic heterocycles. The zero-order valence-electron chi connectivity index (χ0n) is 12.1. The van der Waals surface area contributed by atoms with Crippen LogP contribution in [0, 0.1) is 0 Å². The smallest absolute Gasteiger partial charge is 0.352 e. The monoisotopic (exact) mass is 371 g/mol. The summed E-state index contributed by atoms with van der Waals surface area (Å²) >= 11 is 2.62. The van der Waals surface area contributed by atoms with E-state index in [0.29, 0.717) is 16.4 Å². The number of nitrogens with zero attached hydrogens (tertiary/aromatic N) is 3. The van der Waals surface area contributed by atoms with E-state index in [1.54, 1.807) is 0 Å². The van der Waals surface area contributed by atoms with Gasteiger partial charge in [0.1, 0.15) is 27.8 Å². The molecule has 2 atom stereocenters. The van der Waals surface area contributed by atoms with Gasteiger partial charge in [-0.1, -0.05) is 5.21 Å². The second-order valence-corrected chi connectivity index (χ2v) is 7.23. The number of thioether (sulfide) groups is 2. The van der Waals surface area contributed by atoms with Crippen molar-refractivity contribution in [2.45, 2.75) is 22.9 Å². The fourth-order valence-corrected chi connectivity index (χ4v) is 4.83. The number of H-pyrrole nitrogens is 1. The Kier molecular flexibility index (Phi) is 4.51. The SMILES string of the molecule is NC1C(=O)N2C(C(=O)O)=C(CSc3[nH]nnc3CC(=O)O)CS[C@@H]12. The molecule has 1 amide bonds. The number of aromatic nitrogens is 3. The molecule has 128 valence electrons. The Bertz CT molecular complexity index is 748. The molecule has 0 aromatic carbocycles. The Morgan fingerprint density at radius 3 is 2.88 bits per heavy atom. The lowest BCUT2D eigenvalue weighted by Gasteiger charge is -2.48. The van der Waals surface area contributed by atoms with Gasteiger partial charge in [-0.15, -0.1) is 28.6 Å². The first-order valence-electron chi connectivity index (χ1n) is 6.80. The van der Waals surface area contributed by atoms with Crippen LogP contribution in [-0.2, 0) is 20.8 Å². The Hall–Kier alpha value is -2.05. The van der Waals surface area contributed by atoms with Crippen molar-refractivity contribution < 1.29 is 24.6 Å². The van der Waals surface area contributed by atoms with E-state index in [-0.39, 0.29) is 28.9 Å². The highest BCUT2D eigenvalue weighted by molar-refractivity contribution is 8.01. The molecule has 0 spiro atoms. The van der Waals surface area contributed by atoms with Gasteiger partial charge in [-0.25, -0.2) is 4.79 Å². The minimum Gasteiger partial charge on any atom is -0.481 e. The highest BCUT2D eigenvalue weighted by Crippen LogP contribution is 2.40. The minimum atomic E-state index is -1.18. The van der Waals surface area contributed by atoms with Gasteiger partial charge in [0.2, 0.25) is 5.91 Å². The normalized spacial score (nSPS) is 23.0. The third-order valence-corrected chi connectivity index (χ3v) is 6.05. The largest absolute Gasteiger partial charge is 0.481 e. The van der Waals surface area contributed by atoms with Crippen molar-refractivity contribution in [3.63, 3.8) is 0 Å². The number of nitrogens with one attached hydrogen (secondary N) is 1. The molecule has 24 heavy (non-hydrogen) atoms. The van der Waals surface area contributed by atoms with E-state index in [2.05, 4.69) is 15.4 Å². The number of hydrogen-bond donors (Lipinski definition) is 4. The van der Waals surface area contributed by atoms with Crippen LogP contribution in [0.1, 0.15) is 5.69 Å². The van der Waals surface area contributed by atoms with Crippen molar-refractivity contribution in [1.29, 1.82) is 0 Å². The molecule has 0 aliphatic carbocycles. The van der Waals surface area contributed by atoms with E-state index in [9.17, 15) is 19.5 Å². The summed E-state index contributed by atoms with van der Waals surface area (Å²) in [5, 5.41) is 28.3. The first-order chi connectivity index (χ1) is 11.4. The molecule has 12 heteroatoms. The average molecular weight is 371 g/mol. The number of fused-ring (bicyclic) bond motifs is 1. The van der Waals surface area contributed by atoms with Crippen LogP contribution in [0.4, 0.5) is 0 Å². The van der Waals surface area contributed by atoms with E-state index in [1.165, 1.54) is 28.4 Å². The van der Waals surface area contributed by atoms with Crippen LogP contribution < -0.4 is 5.73 Å². The first kappa shape index (κ1) is 16.8. The van der Waals surface area contributed by atoms with Gasteiger partial charge in [-0.2, -0.15) is 0 Å². The fraction of sp³-hybridized carbons (Fsp3) is 0.417. The van der Waals surface area contributed by atoms with Gasteiger partial charge >= 0.3 is 11.9 Å². The lowest BCUT2D eigenvalue weighted by atomic mass is 10.0. The molecular weight excluding hydrogens is 358 g/mol. The van der Waals surface area contributed by atoms with Crippen LogP contribution in [0.3, 0.4) is 0 Å². The number of nitrogens with two attached hydrogens (primary N) is 1. The van der Waals surface area contributed by atoms with Crippen molar-refractivity contribution in [3.05, 3.63) is 17.0 Å². The van der Waals surface area contributed by atoms with Crippen LogP contribution in [-0.4, -0.2) is 71.3 Å². The number of β-lactam (4-membered cyclic amide) rings is 1. The average Bonchev–Trinajstić information content (AvgIpc) is 2.97. The molecule has 0 radical (unpaired) electrons. The quantitative estimate of drug-likeness (QED) is 0.364. The Balaban J connectivity index is 1.78. The van der Waals surface area contributed by atoms with Crippen LogP contribution in [0.5, 0.6) is 0 Å². The third kappa shape index (κ3) is 2.87. The van der Waals surface area contributed by atoms with Gasteiger partial charge in [-0.05, 0) is 5.57 Å². The maximum Gasteiger partial charge on any atom is 0.352 e. The summed E-state index contributed by atoms with van der Waals surface area (Å²) in [6, 6.07) is -0.669. The topological polar surface area (TPSA) is 162 Å². The zero-order valence-corrected chi connectivity index (χ0v) is 13.8. The van der Waals surface area contributed by atoms with Gasteiger partial charge in [0.25, 0.3) is 0 Å². The fourth-order valence-electron chi connectivity index (χ4n) is 2.47. The number of carbonyl (C=O) groups is 3. The van der Waals surface area contributed by atoms with Gasteiger partial charge in [-0.3, -0.25) is 19.6 Å². The molecule has 1 aromatic heterocycles. The Morgan fingerprint density at radius 2 is 2.21 bits per heavy atom. The summed E-state index contributed by atoms with van der Waals surface area (Å²) in [7, 11) is 0. The summed E-state index contributed by atoms with van der Waals surface area (Å²) < 4.78 is 0. The lowest BCUT2D eigenvalue weighted by molar-refractivity contribution is -0.147. The van der Waals surface area contributed by atoms with E-state index in [0.717, 1.165) is 0 Å².